The summed E-state index contributed by atoms with van der Waals surface area (Å²) < 4.78 is 10.1. The van der Waals surface area contributed by atoms with Crippen LogP contribution in [0.15, 0.2) is 24.3 Å². The lowest BCUT2D eigenvalue weighted by Crippen LogP contribution is -2.32. The van der Waals surface area contributed by atoms with Crippen LogP contribution in [0, 0.1) is 0 Å². The first kappa shape index (κ1) is 17.3. The number of rotatable bonds is 9. The van der Waals surface area contributed by atoms with Gasteiger partial charge in [0.15, 0.2) is 12.1 Å². The zero-order valence-electron chi connectivity index (χ0n) is 12.2. The highest BCUT2D eigenvalue weighted by Gasteiger charge is 2.14. The molecule has 0 aliphatic heterocycles. The van der Waals surface area contributed by atoms with E-state index < -0.39 is 12.0 Å². The van der Waals surface area contributed by atoms with Gasteiger partial charge >= 0.3 is 5.97 Å². The van der Waals surface area contributed by atoms with Gasteiger partial charge in [0.05, 0.1) is 0 Å². The molecule has 1 aromatic rings. The zero-order valence-corrected chi connectivity index (χ0v) is 12.2. The van der Waals surface area contributed by atoms with E-state index in [1.807, 2.05) is 0 Å². The van der Waals surface area contributed by atoms with Crippen LogP contribution in [0.4, 0.5) is 0 Å². The Morgan fingerprint density at radius 3 is 2.24 bits per heavy atom. The number of carboxylic acid groups (broad SMARTS) is 1. The molecule has 1 aromatic carbocycles. The Morgan fingerprint density at radius 2 is 1.76 bits per heavy atom. The summed E-state index contributed by atoms with van der Waals surface area (Å²) in [5.41, 5.74) is 6.83. The van der Waals surface area contributed by atoms with E-state index in [0.717, 1.165) is 5.56 Å². The van der Waals surface area contributed by atoms with Gasteiger partial charge in [-0.3, -0.25) is 9.59 Å². The highest BCUT2D eigenvalue weighted by Crippen LogP contribution is 2.11. The van der Waals surface area contributed by atoms with Crippen molar-refractivity contribution in [2.24, 2.45) is 5.73 Å². The summed E-state index contributed by atoms with van der Waals surface area (Å²) in [7, 11) is 3.05. The molecule has 1 atom stereocenters. The Morgan fingerprint density at radius 1 is 1.19 bits per heavy atom. The van der Waals surface area contributed by atoms with Crippen molar-refractivity contribution >= 4 is 11.8 Å². The topological polar surface area (TPSA) is 98.9 Å². The number of methoxy groups -OCH3 is 2. The third-order valence-corrected chi connectivity index (χ3v) is 3.18. The van der Waals surface area contributed by atoms with Crippen LogP contribution in [-0.2, 0) is 20.7 Å². The number of carbonyl (C=O) groups excluding carboxylic acids is 1. The summed E-state index contributed by atoms with van der Waals surface area (Å²) in [6.45, 7) is 0. The van der Waals surface area contributed by atoms with Crippen LogP contribution in [-0.4, -0.2) is 43.4 Å². The molecule has 0 fully saturated rings. The van der Waals surface area contributed by atoms with Crippen LogP contribution in [0.5, 0.6) is 0 Å². The Kier molecular flexibility index (Phi) is 7.01. The van der Waals surface area contributed by atoms with Crippen molar-refractivity contribution in [3.63, 3.8) is 0 Å². The Balaban J connectivity index is 2.57. The number of aliphatic carboxylic acids is 1. The van der Waals surface area contributed by atoms with Gasteiger partial charge in [0.1, 0.15) is 6.04 Å². The van der Waals surface area contributed by atoms with Gasteiger partial charge < -0.3 is 20.3 Å². The minimum Gasteiger partial charge on any atom is -0.480 e. The summed E-state index contributed by atoms with van der Waals surface area (Å²) in [5.74, 6) is -1.05. The smallest absolute Gasteiger partial charge is 0.320 e. The molecule has 0 aliphatic carbocycles. The van der Waals surface area contributed by atoms with Crippen LogP contribution in [0.25, 0.3) is 0 Å². The molecular formula is C15H21NO5. The van der Waals surface area contributed by atoms with Gasteiger partial charge in [-0.2, -0.15) is 0 Å². The molecule has 0 bridgehead atoms. The number of nitrogens with two attached hydrogens (primary N) is 1. The van der Waals surface area contributed by atoms with Crippen LogP contribution < -0.4 is 5.73 Å². The molecule has 0 aromatic heterocycles. The van der Waals surface area contributed by atoms with Crippen molar-refractivity contribution in [3.8, 4) is 0 Å². The highest BCUT2D eigenvalue weighted by molar-refractivity contribution is 5.96. The Bertz CT molecular complexity index is 467. The van der Waals surface area contributed by atoms with Crippen molar-refractivity contribution in [2.75, 3.05) is 14.2 Å². The first-order valence-electron chi connectivity index (χ1n) is 6.64. The molecular weight excluding hydrogens is 274 g/mol. The normalized spacial score (nSPS) is 12.4. The molecule has 1 rings (SSSR count). The van der Waals surface area contributed by atoms with E-state index in [-0.39, 0.29) is 18.5 Å². The van der Waals surface area contributed by atoms with Crippen molar-refractivity contribution in [2.45, 2.75) is 31.6 Å². The number of ether oxygens (including phenoxy) is 2. The van der Waals surface area contributed by atoms with E-state index in [1.54, 1.807) is 24.3 Å². The first-order chi connectivity index (χ1) is 9.97. The monoisotopic (exact) mass is 295 g/mol. The SMILES string of the molecule is COC(CCC(=O)c1ccc(CC(N)C(=O)O)cc1)OC. The molecule has 0 spiro atoms. The van der Waals surface area contributed by atoms with Crippen LogP contribution in [0.3, 0.4) is 0 Å². The van der Waals surface area contributed by atoms with E-state index in [1.165, 1.54) is 14.2 Å². The first-order valence-corrected chi connectivity index (χ1v) is 6.64. The van der Waals surface area contributed by atoms with E-state index in [0.29, 0.717) is 18.4 Å². The van der Waals surface area contributed by atoms with Crippen LogP contribution in [0.1, 0.15) is 28.8 Å². The molecule has 6 heteroatoms. The molecule has 116 valence electrons. The number of hydrogen-bond donors (Lipinski definition) is 2. The number of Topliss-reactive ketones (excluding diaryl/α,β-unsaturated/α-hetero) is 1. The van der Waals surface area contributed by atoms with Crippen molar-refractivity contribution < 1.29 is 24.2 Å². The molecule has 0 saturated carbocycles. The maximum absolute atomic E-state index is 12.0. The van der Waals surface area contributed by atoms with Crippen molar-refractivity contribution in [1.29, 1.82) is 0 Å². The van der Waals surface area contributed by atoms with Crippen LogP contribution >= 0.6 is 0 Å². The minimum atomic E-state index is -1.04. The third-order valence-electron chi connectivity index (χ3n) is 3.18. The fraction of sp³-hybridized carbons (Fsp3) is 0.467. The molecule has 0 aliphatic rings. The summed E-state index contributed by atoms with van der Waals surface area (Å²) in [6, 6.07) is 5.87. The predicted molar refractivity (Wildman–Crippen MR) is 77.1 cm³/mol. The number of carboxylic acids is 1. The zero-order chi connectivity index (χ0) is 15.8. The number of ketones is 1. The number of carbonyl (C=O) groups is 2. The van der Waals surface area contributed by atoms with Gasteiger partial charge in [0.2, 0.25) is 0 Å². The second kappa shape index (κ2) is 8.51. The summed E-state index contributed by atoms with van der Waals surface area (Å²) in [4.78, 5) is 22.7. The minimum absolute atomic E-state index is 0.0109. The van der Waals surface area contributed by atoms with Gasteiger partial charge in [-0.25, -0.2) is 0 Å². The average Bonchev–Trinajstić information content (AvgIpc) is 2.48. The lowest BCUT2D eigenvalue weighted by molar-refractivity contribution is -0.138. The fourth-order valence-electron chi connectivity index (χ4n) is 1.89. The highest BCUT2D eigenvalue weighted by atomic mass is 16.7. The molecule has 0 saturated heterocycles. The lowest BCUT2D eigenvalue weighted by atomic mass is 10.0. The van der Waals surface area contributed by atoms with E-state index in [9.17, 15) is 9.59 Å². The average molecular weight is 295 g/mol. The Hall–Kier alpha value is -1.76. The largest absolute Gasteiger partial charge is 0.480 e. The predicted octanol–water partition coefficient (Wildman–Crippen LogP) is 1.22. The molecule has 21 heavy (non-hydrogen) atoms. The van der Waals surface area contributed by atoms with Gasteiger partial charge in [-0.15, -0.1) is 0 Å². The molecule has 6 nitrogen and oxygen atoms in total. The van der Waals surface area contributed by atoms with Gasteiger partial charge in [0.25, 0.3) is 0 Å². The number of hydrogen-bond acceptors (Lipinski definition) is 5. The number of benzene rings is 1. The van der Waals surface area contributed by atoms with Crippen molar-refractivity contribution in [3.05, 3.63) is 35.4 Å². The van der Waals surface area contributed by atoms with Gasteiger partial charge in [-0.1, -0.05) is 24.3 Å². The van der Waals surface area contributed by atoms with Gasteiger partial charge in [-0.05, 0) is 12.0 Å². The maximum Gasteiger partial charge on any atom is 0.320 e. The summed E-state index contributed by atoms with van der Waals surface area (Å²) in [6.07, 6.45) is 0.651. The van der Waals surface area contributed by atoms with Crippen molar-refractivity contribution in [1.82, 2.24) is 0 Å². The standard InChI is InChI=1S/C15H21NO5/c1-20-14(21-2)8-7-13(17)11-5-3-10(4-6-11)9-12(16)15(18)19/h3-6,12,14H,7-9,16H2,1-2H3,(H,18,19). The molecule has 0 heterocycles. The van der Waals surface area contributed by atoms with E-state index >= 15 is 0 Å². The second-order valence-electron chi connectivity index (χ2n) is 4.71. The molecule has 1 unspecified atom stereocenters. The van der Waals surface area contributed by atoms with E-state index in [4.69, 9.17) is 20.3 Å². The maximum atomic E-state index is 12.0. The molecule has 0 radical (unpaired) electrons. The van der Waals surface area contributed by atoms with Gasteiger partial charge in [0, 0.05) is 32.6 Å². The lowest BCUT2D eigenvalue weighted by Gasteiger charge is -2.12. The summed E-state index contributed by atoms with van der Waals surface area (Å²) >= 11 is 0. The molecule has 0 amide bonds. The summed E-state index contributed by atoms with van der Waals surface area (Å²) in [5, 5.41) is 8.75. The van der Waals surface area contributed by atoms with Crippen LogP contribution in [0.2, 0.25) is 0 Å². The Labute approximate surface area is 123 Å². The molecule has 3 N–H and O–H groups in total. The van der Waals surface area contributed by atoms with E-state index in [2.05, 4.69) is 0 Å². The third kappa shape index (κ3) is 5.63. The quantitative estimate of drug-likeness (QED) is 0.525. The fourth-order valence-corrected chi connectivity index (χ4v) is 1.89. The second-order valence-corrected chi connectivity index (χ2v) is 4.71.